The van der Waals surface area contributed by atoms with Crippen LogP contribution in [0.4, 0.5) is 0 Å². The highest BCUT2D eigenvalue weighted by Crippen LogP contribution is 2.16. The van der Waals surface area contributed by atoms with Gasteiger partial charge in [-0.3, -0.25) is 4.79 Å². The third kappa shape index (κ3) is 10.6. The summed E-state index contributed by atoms with van der Waals surface area (Å²) in [5, 5.41) is 6.92. The largest absolute Gasteiger partial charge is 0.369 e. The second-order valence-electron chi connectivity index (χ2n) is 8.08. The van der Waals surface area contributed by atoms with E-state index in [1.54, 1.807) is 0 Å². The number of primary amides is 1. The van der Waals surface area contributed by atoms with Crippen molar-refractivity contribution in [3.63, 3.8) is 0 Å². The molecule has 0 saturated carbocycles. The number of nitrogens with two attached hydrogens (primary N) is 1. The van der Waals surface area contributed by atoms with Gasteiger partial charge in [-0.05, 0) is 64.2 Å². The monoisotopic (exact) mass is 529 g/mol. The second-order valence-corrected chi connectivity index (χ2v) is 8.08. The minimum absolute atomic E-state index is 0. The average Bonchev–Trinajstić information content (AvgIpc) is 2.73. The van der Waals surface area contributed by atoms with Crippen molar-refractivity contribution in [2.45, 2.75) is 58.9 Å². The topological polar surface area (TPSA) is 82.8 Å². The maximum Gasteiger partial charge on any atom is 0.220 e. The fourth-order valence-electron chi connectivity index (χ4n) is 3.53. The molecule has 170 valence electrons. The highest BCUT2D eigenvalue weighted by molar-refractivity contribution is 14.0. The SMILES string of the molecule is CCCCNC(=NCc1ccc(C)cc1)NCCCCN1CCC(C(N)=O)CC1.I. The Balaban J connectivity index is 0.00000450. The standard InChI is InChI=1S/C23H39N5O.HI/c1-3-4-13-25-23(27-18-20-9-7-19(2)8-10-20)26-14-5-6-15-28-16-11-21(12-17-28)22(24)29;/h7-10,21H,3-6,11-18H2,1-2H3,(H2,24,29)(H2,25,26,27);1H. The molecule has 1 saturated heterocycles. The van der Waals surface area contributed by atoms with Crippen molar-refractivity contribution in [3.05, 3.63) is 35.4 Å². The van der Waals surface area contributed by atoms with Crippen molar-refractivity contribution in [2.24, 2.45) is 16.6 Å². The van der Waals surface area contributed by atoms with E-state index in [4.69, 9.17) is 10.7 Å². The van der Waals surface area contributed by atoms with E-state index in [-0.39, 0.29) is 35.8 Å². The number of aliphatic imine (C=N–C) groups is 1. The lowest BCUT2D eigenvalue weighted by atomic mass is 9.96. The van der Waals surface area contributed by atoms with Gasteiger partial charge in [0, 0.05) is 19.0 Å². The first-order valence-corrected chi connectivity index (χ1v) is 11.2. The zero-order valence-electron chi connectivity index (χ0n) is 18.7. The van der Waals surface area contributed by atoms with Gasteiger partial charge in [-0.2, -0.15) is 0 Å². The van der Waals surface area contributed by atoms with Crippen LogP contribution >= 0.6 is 24.0 Å². The predicted octanol–water partition coefficient (Wildman–Crippen LogP) is 3.43. The Kier molecular flexibility index (Phi) is 13.7. The first-order valence-electron chi connectivity index (χ1n) is 11.2. The van der Waals surface area contributed by atoms with Crippen molar-refractivity contribution in [3.8, 4) is 0 Å². The van der Waals surface area contributed by atoms with Gasteiger partial charge in [0.15, 0.2) is 5.96 Å². The number of piperidine rings is 1. The highest BCUT2D eigenvalue weighted by Gasteiger charge is 2.22. The molecule has 1 fully saturated rings. The Hall–Kier alpha value is -1.35. The summed E-state index contributed by atoms with van der Waals surface area (Å²) in [5.74, 6) is 0.845. The molecule has 30 heavy (non-hydrogen) atoms. The van der Waals surface area contributed by atoms with Gasteiger partial charge in [-0.1, -0.05) is 43.2 Å². The van der Waals surface area contributed by atoms with Crippen LogP contribution in [0.1, 0.15) is 56.6 Å². The molecule has 1 heterocycles. The Morgan fingerprint density at radius 1 is 1.10 bits per heavy atom. The van der Waals surface area contributed by atoms with Gasteiger partial charge in [0.2, 0.25) is 5.91 Å². The van der Waals surface area contributed by atoms with Crippen molar-refractivity contribution < 1.29 is 4.79 Å². The van der Waals surface area contributed by atoms with E-state index >= 15 is 0 Å². The maximum absolute atomic E-state index is 11.3. The predicted molar refractivity (Wildman–Crippen MR) is 136 cm³/mol. The Bertz CT molecular complexity index is 627. The van der Waals surface area contributed by atoms with E-state index in [0.29, 0.717) is 6.54 Å². The lowest BCUT2D eigenvalue weighted by Gasteiger charge is -2.30. The normalized spacial score (nSPS) is 15.5. The fourth-order valence-corrected chi connectivity index (χ4v) is 3.53. The number of aryl methyl sites for hydroxylation is 1. The number of rotatable bonds is 11. The number of carbonyl (C=O) groups is 1. The number of likely N-dealkylation sites (tertiary alicyclic amines) is 1. The molecule has 1 aliphatic heterocycles. The van der Waals surface area contributed by atoms with Gasteiger partial charge in [-0.25, -0.2) is 4.99 Å². The second kappa shape index (κ2) is 15.5. The molecule has 0 aliphatic carbocycles. The number of unbranched alkanes of at least 4 members (excludes halogenated alkanes) is 2. The quantitative estimate of drug-likeness (QED) is 0.178. The van der Waals surface area contributed by atoms with E-state index in [2.05, 4.69) is 53.6 Å². The number of benzene rings is 1. The molecule has 0 aromatic heterocycles. The zero-order valence-corrected chi connectivity index (χ0v) is 21.0. The van der Waals surface area contributed by atoms with Gasteiger partial charge >= 0.3 is 0 Å². The van der Waals surface area contributed by atoms with Crippen LogP contribution in [0.2, 0.25) is 0 Å². The summed E-state index contributed by atoms with van der Waals surface area (Å²) in [6, 6.07) is 8.55. The molecule has 2 rings (SSSR count). The number of guanidine groups is 1. The van der Waals surface area contributed by atoms with Crippen molar-refractivity contribution in [1.29, 1.82) is 0 Å². The summed E-state index contributed by atoms with van der Waals surface area (Å²) >= 11 is 0. The van der Waals surface area contributed by atoms with Crippen LogP contribution in [0, 0.1) is 12.8 Å². The van der Waals surface area contributed by atoms with Gasteiger partial charge in [0.25, 0.3) is 0 Å². The number of nitrogens with zero attached hydrogens (tertiary/aromatic N) is 2. The number of hydrogen-bond donors (Lipinski definition) is 3. The first-order chi connectivity index (χ1) is 14.1. The van der Waals surface area contributed by atoms with E-state index < -0.39 is 0 Å². The van der Waals surface area contributed by atoms with Crippen LogP contribution < -0.4 is 16.4 Å². The van der Waals surface area contributed by atoms with Crippen LogP contribution in [0.5, 0.6) is 0 Å². The lowest BCUT2D eigenvalue weighted by Crippen LogP contribution is -2.40. The van der Waals surface area contributed by atoms with Gasteiger partial charge in [-0.15, -0.1) is 24.0 Å². The van der Waals surface area contributed by atoms with E-state index in [9.17, 15) is 4.79 Å². The number of amides is 1. The van der Waals surface area contributed by atoms with E-state index in [0.717, 1.165) is 70.8 Å². The summed E-state index contributed by atoms with van der Waals surface area (Å²) in [5.41, 5.74) is 7.91. The third-order valence-corrected chi connectivity index (χ3v) is 5.55. The molecule has 0 spiro atoms. The molecule has 0 radical (unpaired) electrons. The summed E-state index contributed by atoms with van der Waals surface area (Å²) in [7, 11) is 0. The smallest absolute Gasteiger partial charge is 0.220 e. The molecule has 0 unspecified atom stereocenters. The molecule has 6 nitrogen and oxygen atoms in total. The summed E-state index contributed by atoms with van der Waals surface area (Å²) < 4.78 is 0. The Labute approximate surface area is 199 Å². The molecule has 0 bridgehead atoms. The minimum Gasteiger partial charge on any atom is -0.369 e. The Morgan fingerprint density at radius 3 is 2.33 bits per heavy atom. The van der Waals surface area contributed by atoms with Crippen LogP contribution in [-0.2, 0) is 11.3 Å². The van der Waals surface area contributed by atoms with Crippen LogP contribution in [0.3, 0.4) is 0 Å². The van der Waals surface area contributed by atoms with Crippen molar-refractivity contribution in [2.75, 3.05) is 32.7 Å². The molecule has 1 aromatic carbocycles. The minimum atomic E-state index is -0.137. The van der Waals surface area contributed by atoms with Crippen LogP contribution in [-0.4, -0.2) is 49.5 Å². The summed E-state index contributed by atoms with van der Waals surface area (Å²) in [6.07, 6.45) is 6.38. The van der Waals surface area contributed by atoms with E-state index in [1.807, 2.05) is 0 Å². The number of carbonyl (C=O) groups excluding carboxylic acids is 1. The molecule has 7 heteroatoms. The summed E-state index contributed by atoms with van der Waals surface area (Å²) in [4.78, 5) is 18.5. The van der Waals surface area contributed by atoms with E-state index in [1.165, 1.54) is 17.5 Å². The third-order valence-electron chi connectivity index (χ3n) is 5.55. The van der Waals surface area contributed by atoms with Crippen molar-refractivity contribution in [1.82, 2.24) is 15.5 Å². The molecule has 4 N–H and O–H groups in total. The van der Waals surface area contributed by atoms with Gasteiger partial charge in [0.1, 0.15) is 0 Å². The molecular weight excluding hydrogens is 489 g/mol. The molecular formula is C23H40IN5O. The maximum atomic E-state index is 11.3. The number of hydrogen-bond acceptors (Lipinski definition) is 3. The molecule has 1 amide bonds. The summed E-state index contributed by atoms with van der Waals surface area (Å²) in [6.45, 7) is 9.93. The molecule has 1 aromatic rings. The van der Waals surface area contributed by atoms with Crippen molar-refractivity contribution >= 4 is 35.8 Å². The van der Waals surface area contributed by atoms with Crippen LogP contribution in [0.15, 0.2) is 29.3 Å². The van der Waals surface area contributed by atoms with Gasteiger partial charge < -0.3 is 21.3 Å². The molecule has 1 aliphatic rings. The van der Waals surface area contributed by atoms with Gasteiger partial charge in [0.05, 0.1) is 6.54 Å². The fraction of sp³-hybridized carbons (Fsp3) is 0.652. The molecule has 0 atom stereocenters. The highest BCUT2D eigenvalue weighted by atomic mass is 127. The lowest BCUT2D eigenvalue weighted by molar-refractivity contribution is -0.123. The zero-order chi connectivity index (χ0) is 20.9. The van der Waals surface area contributed by atoms with Crippen LogP contribution in [0.25, 0.3) is 0 Å². The average molecular weight is 530 g/mol. The Morgan fingerprint density at radius 2 is 1.73 bits per heavy atom. The number of halogens is 1. The number of nitrogens with one attached hydrogen (secondary N) is 2. The first kappa shape index (κ1) is 26.7.